The van der Waals surface area contributed by atoms with Crippen LogP contribution in [0.25, 0.3) is 5.70 Å². The minimum absolute atomic E-state index is 0.00615. The molecule has 0 saturated heterocycles. The predicted octanol–water partition coefficient (Wildman–Crippen LogP) is 9.01. The number of nitrogens with zero attached hydrogens (tertiary/aromatic N) is 2. The molecule has 0 radical (unpaired) electrons. The molecule has 8 heteroatoms. The number of hydrogen-bond donors (Lipinski definition) is 2. The highest BCUT2D eigenvalue weighted by molar-refractivity contribution is 6.12. The Bertz CT molecular complexity index is 1330. The lowest BCUT2D eigenvalue weighted by Gasteiger charge is -2.12. The van der Waals surface area contributed by atoms with E-state index < -0.39 is 4.92 Å². The first-order chi connectivity index (χ1) is 21.1. The van der Waals surface area contributed by atoms with Crippen LogP contribution in [0.2, 0.25) is 0 Å². The average molecular weight is 603 g/mol. The molecule has 1 unspecified atom stereocenters. The van der Waals surface area contributed by atoms with Crippen LogP contribution in [0.15, 0.2) is 82.5 Å². The average Bonchev–Trinajstić information content (AvgIpc) is 3.46. The van der Waals surface area contributed by atoms with E-state index in [2.05, 4.69) is 65.2 Å². The van der Waals surface area contributed by atoms with Crippen LogP contribution in [0.1, 0.15) is 91.7 Å². The molecule has 238 valence electrons. The lowest BCUT2D eigenvalue weighted by Crippen LogP contribution is -2.18. The first-order valence-corrected chi connectivity index (χ1v) is 15.8. The Balaban J connectivity index is 0.000000742. The SMILES string of the molecule is CCC(C)=CN=C1NC(c2ccc(NC(=O)Cc3ccc([N+](=O)[O-])cc3)cc2)=C/C1=C(/C)C(C)CC.CCCCOCCC. The number of nitrogens with one attached hydrogen (secondary N) is 2. The van der Waals surface area contributed by atoms with Gasteiger partial charge in [0.05, 0.1) is 11.3 Å². The van der Waals surface area contributed by atoms with Crippen molar-refractivity contribution in [3.63, 3.8) is 0 Å². The second kappa shape index (κ2) is 19.3. The minimum atomic E-state index is -0.456. The summed E-state index contributed by atoms with van der Waals surface area (Å²) in [5, 5.41) is 17.2. The van der Waals surface area contributed by atoms with Gasteiger partial charge in [-0.15, -0.1) is 0 Å². The molecule has 1 aliphatic rings. The molecule has 1 atom stereocenters. The molecule has 8 nitrogen and oxygen atoms in total. The number of carbonyl (C=O) groups is 1. The van der Waals surface area contributed by atoms with Crippen molar-refractivity contribution in [1.29, 1.82) is 0 Å². The van der Waals surface area contributed by atoms with Crippen molar-refractivity contribution >= 4 is 28.8 Å². The number of ether oxygens (including phenoxy) is 1. The van der Waals surface area contributed by atoms with Crippen molar-refractivity contribution in [1.82, 2.24) is 5.32 Å². The number of nitro benzene ring substituents is 1. The van der Waals surface area contributed by atoms with E-state index in [1.807, 2.05) is 30.5 Å². The molecule has 0 aliphatic carbocycles. The third-order valence-corrected chi connectivity index (χ3v) is 7.53. The molecule has 2 aromatic rings. The molecule has 0 fully saturated rings. The molecule has 2 aromatic carbocycles. The second-order valence-corrected chi connectivity index (χ2v) is 11.1. The summed E-state index contributed by atoms with van der Waals surface area (Å²) in [5.74, 6) is 1.12. The normalized spacial score (nSPS) is 15.6. The zero-order valence-electron chi connectivity index (χ0n) is 27.5. The highest BCUT2D eigenvalue weighted by atomic mass is 16.6. The number of benzene rings is 2. The molecule has 0 saturated carbocycles. The maximum absolute atomic E-state index is 12.5. The molecule has 3 rings (SSSR count). The van der Waals surface area contributed by atoms with E-state index in [-0.39, 0.29) is 18.0 Å². The first kappa shape index (κ1) is 36.2. The number of carbonyl (C=O) groups excluding carboxylic acids is 1. The van der Waals surface area contributed by atoms with Crippen LogP contribution >= 0.6 is 0 Å². The van der Waals surface area contributed by atoms with Crippen LogP contribution in [0.4, 0.5) is 11.4 Å². The van der Waals surface area contributed by atoms with Gasteiger partial charge in [0, 0.05) is 48.5 Å². The summed E-state index contributed by atoms with van der Waals surface area (Å²) in [4.78, 5) is 27.5. The van der Waals surface area contributed by atoms with E-state index >= 15 is 0 Å². The van der Waals surface area contributed by atoms with Gasteiger partial charge in [-0.25, -0.2) is 4.99 Å². The molecule has 1 heterocycles. The van der Waals surface area contributed by atoms with E-state index in [1.54, 1.807) is 12.1 Å². The Morgan fingerprint density at radius 2 is 1.70 bits per heavy atom. The molecule has 0 spiro atoms. The fourth-order valence-electron chi connectivity index (χ4n) is 4.19. The monoisotopic (exact) mass is 602 g/mol. The summed E-state index contributed by atoms with van der Waals surface area (Å²) in [7, 11) is 0. The number of unbranched alkanes of at least 4 members (excludes halogenated alkanes) is 1. The van der Waals surface area contributed by atoms with Crippen LogP contribution in [0.3, 0.4) is 0 Å². The summed E-state index contributed by atoms with van der Waals surface area (Å²) in [6.45, 7) is 17.0. The summed E-state index contributed by atoms with van der Waals surface area (Å²) in [6.07, 6.45) is 9.82. The number of non-ortho nitro benzene ring substituents is 1. The molecule has 2 N–H and O–H groups in total. The van der Waals surface area contributed by atoms with Crippen molar-refractivity contribution < 1.29 is 14.5 Å². The van der Waals surface area contributed by atoms with Crippen molar-refractivity contribution in [2.75, 3.05) is 18.5 Å². The van der Waals surface area contributed by atoms with E-state index in [1.165, 1.54) is 36.1 Å². The number of amides is 1. The Morgan fingerprint density at radius 3 is 2.27 bits per heavy atom. The molecule has 0 bridgehead atoms. The smallest absolute Gasteiger partial charge is 0.269 e. The van der Waals surface area contributed by atoms with E-state index in [9.17, 15) is 14.9 Å². The van der Waals surface area contributed by atoms with Crippen LogP contribution in [0.5, 0.6) is 0 Å². The molecular formula is C36H50N4O4. The van der Waals surface area contributed by atoms with Crippen LogP contribution in [0, 0.1) is 16.0 Å². The summed E-state index contributed by atoms with van der Waals surface area (Å²) >= 11 is 0. The molecule has 1 aliphatic heterocycles. The number of aliphatic imine (C=N–C) groups is 1. The molecular weight excluding hydrogens is 552 g/mol. The Hall–Kier alpha value is -4.04. The third kappa shape index (κ3) is 11.9. The van der Waals surface area contributed by atoms with Crippen LogP contribution in [-0.2, 0) is 16.0 Å². The predicted molar refractivity (Wildman–Crippen MR) is 183 cm³/mol. The number of anilines is 1. The van der Waals surface area contributed by atoms with Gasteiger partial charge in [0.15, 0.2) is 0 Å². The fraction of sp³-hybridized carbons (Fsp3) is 0.444. The minimum Gasteiger partial charge on any atom is -0.381 e. The lowest BCUT2D eigenvalue weighted by atomic mass is 9.94. The summed E-state index contributed by atoms with van der Waals surface area (Å²) < 4.78 is 5.22. The Labute approximate surface area is 263 Å². The fourth-order valence-corrected chi connectivity index (χ4v) is 4.19. The molecule has 0 aromatic heterocycles. The van der Waals surface area contributed by atoms with E-state index in [0.29, 0.717) is 17.2 Å². The van der Waals surface area contributed by atoms with Gasteiger partial charge in [-0.3, -0.25) is 14.9 Å². The number of rotatable bonds is 14. The van der Waals surface area contributed by atoms with Crippen molar-refractivity contribution in [3.05, 3.63) is 98.8 Å². The van der Waals surface area contributed by atoms with E-state index in [0.717, 1.165) is 55.1 Å². The number of hydrogen-bond acceptors (Lipinski definition) is 5. The highest BCUT2D eigenvalue weighted by Crippen LogP contribution is 2.28. The standard InChI is InChI=1S/C29H34N4O3.C7H16O/c1-6-19(3)18-30-29-26(21(5)20(4)7-2)17-27(32-29)23-10-12-24(13-11-23)31-28(34)16-22-8-14-25(15-9-22)33(35)36;1-3-5-7-8-6-4-2/h8-15,17-18,20H,6-7,16H2,1-5H3,(H,30,32)(H,31,34);3-7H2,1-2H3/b19-18?,26-21+;. The van der Waals surface area contributed by atoms with Crippen molar-refractivity contribution in [2.45, 2.75) is 87.0 Å². The summed E-state index contributed by atoms with van der Waals surface area (Å²) in [6, 6.07) is 13.7. The zero-order valence-corrected chi connectivity index (χ0v) is 27.5. The van der Waals surface area contributed by atoms with Gasteiger partial charge in [0.25, 0.3) is 5.69 Å². The van der Waals surface area contributed by atoms with Gasteiger partial charge >= 0.3 is 0 Å². The van der Waals surface area contributed by atoms with Gasteiger partial charge in [0.2, 0.25) is 5.91 Å². The van der Waals surface area contributed by atoms with Gasteiger partial charge in [-0.2, -0.15) is 0 Å². The summed E-state index contributed by atoms with van der Waals surface area (Å²) in [5.41, 5.74) is 7.02. The maximum atomic E-state index is 12.5. The molecule has 1 amide bonds. The largest absolute Gasteiger partial charge is 0.381 e. The third-order valence-electron chi connectivity index (χ3n) is 7.53. The van der Waals surface area contributed by atoms with Gasteiger partial charge in [-0.05, 0) is 74.8 Å². The van der Waals surface area contributed by atoms with Gasteiger partial charge in [0.1, 0.15) is 5.84 Å². The van der Waals surface area contributed by atoms with Gasteiger partial charge < -0.3 is 15.4 Å². The van der Waals surface area contributed by atoms with Crippen molar-refractivity contribution in [2.24, 2.45) is 10.9 Å². The zero-order chi connectivity index (χ0) is 32.5. The number of amidine groups is 1. The van der Waals surface area contributed by atoms with Crippen LogP contribution < -0.4 is 10.6 Å². The lowest BCUT2D eigenvalue weighted by molar-refractivity contribution is -0.384. The topological polar surface area (TPSA) is 106 Å². The van der Waals surface area contributed by atoms with Crippen LogP contribution in [-0.4, -0.2) is 29.9 Å². The first-order valence-electron chi connectivity index (χ1n) is 15.8. The molecule has 44 heavy (non-hydrogen) atoms. The van der Waals surface area contributed by atoms with Crippen molar-refractivity contribution in [3.8, 4) is 0 Å². The quantitative estimate of drug-likeness (QED) is 0.127. The highest BCUT2D eigenvalue weighted by Gasteiger charge is 2.21. The Morgan fingerprint density at radius 1 is 1.02 bits per heavy atom. The maximum Gasteiger partial charge on any atom is 0.269 e. The number of nitro groups is 1. The Kier molecular flexibility index (Phi) is 15.8. The number of allylic oxidation sites excluding steroid dienone is 2. The second-order valence-electron chi connectivity index (χ2n) is 11.1. The van der Waals surface area contributed by atoms with Gasteiger partial charge in [-0.1, -0.05) is 76.5 Å². The van der Waals surface area contributed by atoms with E-state index in [4.69, 9.17) is 9.73 Å².